The van der Waals surface area contributed by atoms with Crippen molar-refractivity contribution in [1.29, 1.82) is 0 Å². The molecule has 1 aromatic heterocycles. The predicted octanol–water partition coefficient (Wildman–Crippen LogP) is 2.08. The first-order valence-electron chi connectivity index (χ1n) is 8.34. The van der Waals surface area contributed by atoms with Crippen molar-refractivity contribution in [3.05, 3.63) is 74.5 Å². The monoisotopic (exact) mass is 438 g/mol. The molecule has 8 nitrogen and oxygen atoms in total. The van der Waals surface area contributed by atoms with Crippen LogP contribution in [0, 0.1) is 11.6 Å². The predicted molar refractivity (Wildman–Crippen MR) is 101 cm³/mol. The molecule has 0 unspecified atom stereocenters. The number of halogens is 3. The lowest BCUT2D eigenvalue weighted by atomic mass is 10.1. The summed E-state index contributed by atoms with van der Waals surface area (Å²) in [5, 5.41) is 21.2. The lowest BCUT2D eigenvalue weighted by Crippen LogP contribution is -2.37. The van der Waals surface area contributed by atoms with Gasteiger partial charge < -0.3 is 20.4 Å². The van der Waals surface area contributed by atoms with Gasteiger partial charge in [0.05, 0.1) is 11.1 Å². The largest absolute Gasteiger partial charge is 0.506 e. The summed E-state index contributed by atoms with van der Waals surface area (Å²) in [6.07, 6.45) is 0. The van der Waals surface area contributed by atoms with Gasteiger partial charge in [0.2, 0.25) is 0 Å². The Balaban J connectivity index is 2.14. The molecule has 0 aliphatic rings. The fraction of sp³-hybridized carbons (Fsp3) is 0.105. The smallest absolute Gasteiger partial charge is 0.322 e. The number of fused-ring (bicyclic) bond motifs is 1. The maximum Gasteiger partial charge on any atom is 0.322 e. The zero-order chi connectivity index (χ0) is 22.0. The number of carbonyl (C=O) groups is 2. The lowest BCUT2D eigenvalue weighted by Gasteiger charge is -2.16. The Morgan fingerprint density at radius 2 is 1.83 bits per heavy atom. The highest BCUT2D eigenvalue weighted by Gasteiger charge is 2.24. The molecule has 0 spiro atoms. The molecule has 0 atom stereocenters. The fourth-order valence-corrected chi connectivity index (χ4v) is 2.86. The number of hydrogen-bond donors (Lipinski definition) is 3. The van der Waals surface area contributed by atoms with Crippen molar-refractivity contribution in [3.8, 4) is 5.75 Å². The number of benzene rings is 2. The second-order valence-corrected chi connectivity index (χ2v) is 6.47. The van der Waals surface area contributed by atoms with Crippen LogP contribution in [0.15, 0.2) is 41.2 Å². The van der Waals surface area contributed by atoms with Crippen molar-refractivity contribution >= 4 is 34.4 Å². The molecule has 0 aliphatic carbocycles. The summed E-state index contributed by atoms with van der Waals surface area (Å²) < 4.78 is 28.3. The van der Waals surface area contributed by atoms with E-state index in [1.807, 2.05) is 5.32 Å². The fourth-order valence-electron chi connectivity index (χ4n) is 2.70. The number of nitrogens with zero attached hydrogens (tertiary/aromatic N) is 1. The van der Waals surface area contributed by atoms with Gasteiger partial charge in [-0.2, -0.15) is 0 Å². The third kappa shape index (κ3) is 4.03. The normalized spacial score (nSPS) is 10.8. The summed E-state index contributed by atoms with van der Waals surface area (Å²) in [4.78, 5) is 41.1. The van der Waals surface area contributed by atoms with Gasteiger partial charge in [-0.3, -0.25) is 14.4 Å². The van der Waals surface area contributed by atoms with E-state index in [2.05, 4.69) is 0 Å². The molecular weight excluding hydrogens is 426 g/mol. The molecule has 1 heterocycles. The van der Waals surface area contributed by atoms with Crippen LogP contribution >= 0.6 is 11.6 Å². The molecule has 3 aromatic rings. The molecule has 0 aliphatic heterocycles. The highest BCUT2D eigenvalue weighted by molar-refractivity contribution is 6.31. The van der Waals surface area contributed by atoms with E-state index in [0.717, 1.165) is 18.2 Å². The molecule has 3 N–H and O–H groups in total. The summed E-state index contributed by atoms with van der Waals surface area (Å²) in [7, 11) is 0. The van der Waals surface area contributed by atoms with E-state index < -0.39 is 59.1 Å². The van der Waals surface area contributed by atoms with Gasteiger partial charge in [0.1, 0.15) is 30.5 Å². The van der Waals surface area contributed by atoms with Crippen molar-refractivity contribution in [2.75, 3.05) is 6.54 Å². The van der Waals surface area contributed by atoms with Gasteiger partial charge in [0, 0.05) is 10.4 Å². The zero-order valence-corrected chi connectivity index (χ0v) is 15.7. The first-order chi connectivity index (χ1) is 14.2. The summed E-state index contributed by atoms with van der Waals surface area (Å²) in [5.41, 5.74) is -2.52. The number of aromatic hydroxyl groups is 1. The second kappa shape index (κ2) is 8.37. The molecule has 30 heavy (non-hydrogen) atoms. The molecule has 0 saturated heterocycles. The van der Waals surface area contributed by atoms with E-state index in [4.69, 9.17) is 21.5 Å². The van der Waals surface area contributed by atoms with Crippen molar-refractivity contribution in [3.63, 3.8) is 0 Å². The van der Waals surface area contributed by atoms with Crippen LogP contribution < -0.4 is 15.7 Å². The first kappa shape index (κ1) is 21.1. The van der Waals surface area contributed by atoms with Gasteiger partial charge in [-0.25, -0.2) is 8.78 Å². The Bertz CT molecular complexity index is 1210. The Kier molecular flexibility index (Phi) is 5.88. The quantitative estimate of drug-likeness (QED) is 0.542. The molecule has 156 valence electrons. The Labute approximate surface area is 171 Å². The van der Waals surface area contributed by atoms with Crippen LogP contribution in [-0.2, 0) is 11.4 Å². The molecule has 11 heteroatoms. The number of carbonyl (C=O) groups excluding carboxylic acids is 1. The number of aromatic nitrogens is 1. The van der Waals surface area contributed by atoms with Gasteiger partial charge >= 0.3 is 5.97 Å². The van der Waals surface area contributed by atoms with Crippen LogP contribution in [0.4, 0.5) is 8.78 Å². The number of carboxylic acid groups (broad SMARTS) is 1. The number of hydrogen-bond acceptors (Lipinski definition) is 5. The topological polar surface area (TPSA) is 118 Å². The number of rotatable bonds is 6. The van der Waals surface area contributed by atoms with E-state index in [0.29, 0.717) is 4.73 Å². The molecule has 1 amide bonds. The molecule has 0 bridgehead atoms. The average molecular weight is 439 g/mol. The standard InChI is InChI=1S/C19H13ClF2N2O6/c20-9-4-5-10-14(6-9)24(30-8-11-12(21)2-1-3-13(11)22)19(29)16(17(10)27)18(28)23-7-15(25)26/h1-6,27H,7-8H2,(H,23,28)(H,25,26). The maximum atomic E-state index is 13.9. The van der Waals surface area contributed by atoms with Crippen LogP contribution in [0.25, 0.3) is 10.9 Å². The van der Waals surface area contributed by atoms with Crippen molar-refractivity contribution in [1.82, 2.24) is 10.0 Å². The molecule has 0 fully saturated rings. The molecule has 0 saturated carbocycles. The van der Waals surface area contributed by atoms with E-state index >= 15 is 0 Å². The van der Waals surface area contributed by atoms with Gasteiger partial charge in [0.25, 0.3) is 11.5 Å². The first-order valence-corrected chi connectivity index (χ1v) is 8.72. The van der Waals surface area contributed by atoms with Crippen molar-refractivity contribution < 1.29 is 33.4 Å². The number of carboxylic acids is 1. The number of aliphatic carboxylic acids is 1. The summed E-state index contributed by atoms with van der Waals surface area (Å²) in [6.45, 7) is -1.53. The van der Waals surface area contributed by atoms with E-state index in [1.54, 1.807) is 0 Å². The van der Waals surface area contributed by atoms with Crippen LogP contribution in [0.5, 0.6) is 5.75 Å². The molecule has 0 radical (unpaired) electrons. The highest BCUT2D eigenvalue weighted by atomic mass is 35.5. The summed E-state index contributed by atoms with van der Waals surface area (Å²) >= 11 is 5.93. The van der Waals surface area contributed by atoms with Gasteiger partial charge in [-0.15, -0.1) is 4.73 Å². The Morgan fingerprint density at radius 3 is 2.47 bits per heavy atom. The van der Waals surface area contributed by atoms with E-state index in [9.17, 15) is 28.3 Å². The molecular formula is C19H13ClF2N2O6. The van der Waals surface area contributed by atoms with E-state index in [-0.39, 0.29) is 15.9 Å². The Hall–Kier alpha value is -3.66. The Morgan fingerprint density at radius 1 is 1.17 bits per heavy atom. The summed E-state index contributed by atoms with van der Waals surface area (Å²) in [5.74, 6) is -5.10. The van der Waals surface area contributed by atoms with Crippen molar-refractivity contribution in [2.24, 2.45) is 0 Å². The summed E-state index contributed by atoms with van der Waals surface area (Å²) in [6, 6.07) is 7.07. The SMILES string of the molecule is O=C(O)CNC(=O)c1c(O)c2ccc(Cl)cc2n(OCc2c(F)cccc2F)c1=O. The highest BCUT2D eigenvalue weighted by Crippen LogP contribution is 2.28. The lowest BCUT2D eigenvalue weighted by molar-refractivity contribution is -0.135. The van der Waals surface area contributed by atoms with Crippen molar-refractivity contribution in [2.45, 2.75) is 6.61 Å². The van der Waals surface area contributed by atoms with Gasteiger partial charge in [0.15, 0.2) is 5.56 Å². The van der Waals surface area contributed by atoms with Crippen LogP contribution in [-0.4, -0.2) is 33.4 Å². The average Bonchev–Trinajstić information content (AvgIpc) is 2.68. The number of amides is 1. The van der Waals surface area contributed by atoms with Crippen LogP contribution in [0.2, 0.25) is 5.02 Å². The number of nitrogens with one attached hydrogen (secondary N) is 1. The van der Waals surface area contributed by atoms with Gasteiger partial charge in [-0.1, -0.05) is 17.7 Å². The third-order valence-corrected chi connectivity index (χ3v) is 4.33. The van der Waals surface area contributed by atoms with Crippen LogP contribution in [0.3, 0.4) is 0 Å². The third-order valence-electron chi connectivity index (χ3n) is 4.10. The zero-order valence-electron chi connectivity index (χ0n) is 15.0. The van der Waals surface area contributed by atoms with Crippen LogP contribution in [0.1, 0.15) is 15.9 Å². The minimum absolute atomic E-state index is 0.0338. The molecule has 2 aromatic carbocycles. The van der Waals surface area contributed by atoms with E-state index in [1.165, 1.54) is 18.2 Å². The van der Waals surface area contributed by atoms with Gasteiger partial charge in [-0.05, 0) is 30.3 Å². The maximum absolute atomic E-state index is 13.9. The minimum atomic E-state index is -1.37. The molecule has 3 rings (SSSR count). The minimum Gasteiger partial charge on any atom is -0.506 e. The second-order valence-electron chi connectivity index (χ2n) is 6.03. The number of pyridine rings is 1.